The number of hydrogen-bond acceptors (Lipinski definition) is 3. The molecule has 5 aromatic rings. The molecule has 1 aliphatic heterocycles. The maximum Gasteiger partial charge on any atom is 0.137 e. The highest BCUT2D eigenvalue weighted by Gasteiger charge is 2.25. The Labute approximate surface area is 187 Å². The molecule has 0 radical (unpaired) electrons. The van der Waals surface area contributed by atoms with E-state index in [1.54, 1.807) is 6.20 Å². The Bertz CT molecular complexity index is 1380. The molecule has 0 fully saturated rings. The Balaban J connectivity index is 1.38. The predicted octanol–water partition coefficient (Wildman–Crippen LogP) is 5.23. The molecule has 0 saturated carbocycles. The maximum atomic E-state index is 4.60. The molecule has 2 aromatic heterocycles. The third kappa shape index (κ3) is 3.31. The van der Waals surface area contributed by atoms with Crippen molar-refractivity contribution in [2.45, 2.75) is 31.8 Å². The molecular weight excluding hydrogens is 394 g/mol. The van der Waals surface area contributed by atoms with E-state index in [2.05, 4.69) is 92.4 Å². The lowest BCUT2D eigenvalue weighted by Gasteiger charge is -2.32. The molecule has 0 amide bonds. The molecule has 2 N–H and O–H groups in total. The number of para-hydroxylation sites is 3. The summed E-state index contributed by atoms with van der Waals surface area (Å²) in [6.07, 6.45) is 7.55. The second-order valence-electron chi connectivity index (χ2n) is 8.61. The van der Waals surface area contributed by atoms with Crippen LogP contribution in [0.3, 0.4) is 0 Å². The molecule has 2 atom stereocenters. The van der Waals surface area contributed by atoms with Gasteiger partial charge in [0, 0.05) is 30.0 Å². The van der Waals surface area contributed by atoms with Gasteiger partial charge < -0.3 is 10.3 Å². The summed E-state index contributed by atoms with van der Waals surface area (Å²) in [5.41, 5.74) is 8.57. The number of imidazole rings is 2. The molecule has 2 unspecified atom stereocenters. The normalized spacial score (nSPS) is 18.0. The van der Waals surface area contributed by atoms with Crippen LogP contribution in [0, 0.1) is 0 Å². The van der Waals surface area contributed by atoms with E-state index >= 15 is 0 Å². The molecule has 158 valence electrons. The van der Waals surface area contributed by atoms with Crippen LogP contribution < -0.4 is 5.32 Å². The van der Waals surface area contributed by atoms with Gasteiger partial charge in [0.05, 0.1) is 16.7 Å². The Morgan fingerprint density at radius 1 is 1.00 bits per heavy atom. The molecule has 0 bridgehead atoms. The van der Waals surface area contributed by atoms with Gasteiger partial charge in [-0.1, -0.05) is 42.5 Å². The van der Waals surface area contributed by atoms with Crippen molar-refractivity contribution in [2.75, 3.05) is 0 Å². The zero-order chi connectivity index (χ0) is 21.5. The molecule has 0 spiro atoms. The molecule has 1 aliphatic rings. The third-order valence-electron chi connectivity index (χ3n) is 6.43. The molecule has 3 heterocycles. The smallest absolute Gasteiger partial charge is 0.137 e. The van der Waals surface area contributed by atoms with E-state index in [1.165, 1.54) is 22.4 Å². The Morgan fingerprint density at radius 2 is 1.88 bits per heavy atom. The number of nitrogens with one attached hydrogen (secondary N) is 2. The standard InChI is InChI=1S/C27H25N5/c1-18-14-21-15-20(27-28-12-13-29-27)10-11-22(21)24(31-18)16-19-6-2-4-8-25(19)32-17-30-23-7-3-5-9-26(23)32/h2-13,15,17-18,24,31H,14,16H2,1H3,(H,28,29). The number of hydrogen-bond donors (Lipinski definition) is 2. The topological polar surface area (TPSA) is 58.5 Å². The summed E-state index contributed by atoms with van der Waals surface area (Å²) in [5, 5.41) is 3.84. The summed E-state index contributed by atoms with van der Waals surface area (Å²) in [5.74, 6) is 0.924. The fraction of sp³-hybridized carbons (Fsp3) is 0.185. The quantitative estimate of drug-likeness (QED) is 0.419. The van der Waals surface area contributed by atoms with Crippen LogP contribution in [0.5, 0.6) is 0 Å². The van der Waals surface area contributed by atoms with Crippen LogP contribution in [-0.4, -0.2) is 25.6 Å². The van der Waals surface area contributed by atoms with Gasteiger partial charge in [0.2, 0.25) is 0 Å². The maximum absolute atomic E-state index is 4.60. The third-order valence-corrected chi connectivity index (χ3v) is 6.43. The highest BCUT2D eigenvalue weighted by atomic mass is 15.1. The van der Waals surface area contributed by atoms with Gasteiger partial charge in [-0.15, -0.1) is 0 Å². The first-order valence-corrected chi connectivity index (χ1v) is 11.2. The fourth-order valence-electron chi connectivity index (χ4n) is 4.97. The van der Waals surface area contributed by atoms with Gasteiger partial charge in [0.15, 0.2) is 0 Å². The number of rotatable bonds is 4. The van der Waals surface area contributed by atoms with Crippen molar-refractivity contribution in [3.63, 3.8) is 0 Å². The van der Waals surface area contributed by atoms with Gasteiger partial charge in [-0.3, -0.25) is 4.57 Å². The lowest BCUT2D eigenvalue weighted by Crippen LogP contribution is -2.38. The largest absolute Gasteiger partial charge is 0.345 e. The van der Waals surface area contributed by atoms with Gasteiger partial charge in [-0.05, 0) is 60.7 Å². The average molecular weight is 420 g/mol. The van der Waals surface area contributed by atoms with Gasteiger partial charge in [0.25, 0.3) is 0 Å². The molecular formula is C27H25N5. The number of aromatic amines is 1. The summed E-state index contributed by atoms with van der Waals surface area (Å²) in [4.78, 5) is 12.3. The molecule has 5 nitrogen and oxygen atoms in total. The highest BCUT2D eigenvalue weighted by Crippen LogP contribution is 2.32. The van der Waals surface area contributed by atoms with E-state index in [-0.39, 0.29) is 6.04 Å². The minimum atomic E-state index is 0.260. The predicted molar refractivity (Wildman–Crippen MR) is 128 cm³/mol. The Hall–Kier alpha value is -3.70. The van der Waals surface area contributed by atoms with Crippen LogP contribution >= 0.6 is 0 Å². The lowest BCUT2D eigenvalue weighted by molar-refractivity contribution is 0.421. The van der Waals surface area contributed by atoms with Gasteiger partial charge >= 0.3 is 0 Å². The monoisotopic (exact) mass is 419 g/mol. The Morgan fingerprint density at radius 3 is 2.78 bits per heavy atom. The van der Waals surface area contributed by atoms with Crippen molar-refractivity contribution in [2.24, 2.45) is 0 Å². The zero-order valence-electron chi connectivity index (χ0n) is 18.0. The zero-order valence-corrected chi connectivity index (χ0v) is 18.0. The summed E-state index contributed by atoms with van der Waals surface area (Å²) >= 11 is 0. The van der Waals surface area contributed by atoms with Crippen LogP contribution in [-0.2, 0) is 12.8 Å². The van der Waals surface area contributed by atoms with Crippen molar-refractivity contribution in [3.05, 3.63) is 102 Å². The molecule has 0 aliphatic carbocycles. The van der Waals surface area contributed by atoms with E-state index in [0.717, 1.165) is 35.3 Å². The fourth-order valence-corrected chi connectivity index (χ4v) is 4.97. The number of H-pyrrole nitrogens is 1. The van der Waals surface area contributed by atoms with Crippen molar-refractivity contribution in [3.8, 4) is 17.1 Å². The second-order valence-corrected chi connectivity index (χ2v) is 8.61. The number of nitrogens with zero attached hydrogens (tertiary/aromatic N) is 3. The van der Waals surface area contributed by atoms with Gasteiger partial charge in [0.1, 0.15) is 12.2 Å². The minimum Gasteiger partial charge on any atom is -0.345 e. The van der Waals surface area contributed by atoms with E-state index in [9.17, 15) is 0 Å². The van der Waals surface area contributed by atoms with Crippen molar-refractivity contribution in [1.29, 1.82) is 0 Å². The van der Waals surface area contributed by atoms with E-state index in [1.807, 2.05) is 18.6 Å². The first-order chi connectivity index (χ1) is 15.8. The van der Waals surface area contributed by atoms with Gasteiger partial charge in [-0.25, -0.2) is 9.97 Å². The van der Waals surface area contributed by atoms with Crippen LogP contribution in [0.15, 0.2) is 85.5 Å². The first-order valence-electron chi connectivity index (χ1n) is 11.2. The number of aromatic nitrogens is 4. The Kier molecular flexibility index (Phi) is 4.62. The molecule has 0 saturated heterocycles. The second kappa shape index (κ2) is 7.77. The van der Waals surface area contributed by atoms with E-state index < -0.39 is 0 Å². The summed E-state index contributed by atoms with van der Waals surface area (Å²) in [6.45, 7) is 2.27. The van der Waals surface area contributed by atoms with Crippen LogP contribution in [0.1, 0.15) is 29.7 Å². The lowest BCUT2D eigenvalue weighted by atomic mass is 9.86. The minimum absolute atomic E-state index is 0.260. The molecule has 5 heteroatoms. The summed E-state index contributed by atoms with van der Waals surface area (Å²) in [7, 11) is 0. The van der Waals surface area contributed by atoms with Crippen LogP contribution in [0.25, 0.3) is 28.1 Å². The SMILES string of the molecule is CC1Cc2cc(-c3ncc[nH]3)ccc2C(Cc2ccccc2-n2cnc3ccccc32)N1. The first kappa shape index (κ1) is 19.0. The van der Waals surface area contributed by atoms with E-state index in [0.29, 0.717) is 6.04 Å². The molecule has 32 heavy (non-hydrogen) atoms. The van der Waals surface area contributed by atoms with Crippen LogP contribution in [0.4, 0.5) is 0 Å². The summed E-state index contributed by atoms with van der Waals surface area (Å²) in [6, 6.07) is 24.4. The number of fused-ring (bicyclic) bond motifs is 2. The van der Waals surface area contributed by atoms with E-state index in [4.69, 9.17) is 0 Å². The van der Waals surface area contributed by atoms with Crippen molar-refractivity contribution < 1.29 is 0 Å². The van der Waals surface area contributed by atoms with Gasteiger partial charge in [-0.2, -0.15) is 0 Å². The molecule has 3 aromatic carbocycles. The molecule has 6 rings (SSSR count). The van der Waals surface area contributed by atoms with Crippen LogP contribution in [0.2, 0.25) is 0 Å². The average Bonchev–Trinajstić information content (AvgIpc) is 3.49. The van der Waals surface area contributed by atoms with Crippen molar-refractivity contribution in [1.82, 2.24) is 24.8 Å². The summed E-state index contributed by atoms with van der Waals surface area (Å²) < 4.78 is 2.21. The van der Waals surface area contributed by atoms with Crippen molar-refractivity contribution >= 4 is 11.0 Å². The highest BCUT2D eigenvalue weighted by molar-refractivity contribution is 5.77. The number of benzene rings is 3.